The molecule has 3 aromatic rings. The zero-order chi connectivity index (χ0) is 17.2. The Kier molecular flexibility index (Phi) is 4.11. The number of nitrogens with zero attached hydrogens (tertiary/aromatic N) is 3. The Morgan fingerprint density at radius 3 is 2.42 bits per heavy atom. The Morgan fingerprint density at radius 2 is 1.75 bits per heavy atom. The maximum atomic E-state index is 12.4. The molecule has 0 aliphatic rings. The monoisotopic (exact) mass is 335 g/mol. The van der Waals surface area contributed by atoms with Crippen LogP contribution in [0, 0.1) is 0 Å². The Balaban J connectivity index is 1.96. The molecule has 0 fully saturated rings. The summed E-state index contributed by atoms with van der Waals surface area (Å²) < 4.78 is 47.6. The predicted molar refractivity (Wildman–Crippen MR) is 80.0 cm³/mol. The van der Waals surface area contributed by atoms with E-state index >= 15 is 0 Å². The van der Waals surface area contributed by atoms with Gasteiger partial charge in [0.25, 0.3) is 0 Å². The molecule has 0 aliphatic heterocycles. The first kappa shape index (κ1) is 15.9. The van der Waals surface area contributed by atoms with Gasteiger partial charge in [0.05, 0.1) is 12.8 Å². The lowest BCUT2D eigenvalue weighted by atomic mass is 10.2. The lowest BCUT2D eigenvalue weighted by Gasteiger charge is -2.11. The van der Waals surface area contributed by atoms with Gasteiger partial charge in [-0.3, -0.25) is 0 Å². The molecule has 24 heavy (non-hydrogen) atoms. The van der Waals surface area contributed by atoms with Gasteiger partial charge in [-0.15, -0.1) is 13.2 Å². The number of methoxy groups -OCH3 is 1. The zero-order valence-electron chi connectivity index (χ0n) is 12.5. The molecule has 0 unspecified atom stereocenters. The van der Waals surface area contributed by atoms with Crippen molar-refractivity contribution in [3.05, 3.63) is 54.9 Å². The average Bonchev–Trinajstić information content (AvgIpc) is 3.03. The van der Waals surface area contributed by atoms with Crippen molar-refractivity contribution in [1.82, 2.24) is 14.8 Å². The molecule has 0 spiro atoms. The number of hydrogen-bond acceptors (Lipinski definition) is 4. The van der Waals surface area contributed by atoms with E-state index in [9.17, 15) is 13.2 Å². The van der Waals surface area contributed by atoms with Crippen molar-refractivity contribution in [2.45, 2.75) is 6.36 Å². The zero-order valence-corrected chi connectivity index (χ0v) is 12.5. The minimum absolute atomic E-state index is 0.323. The number of alkyl halides is 3. The van der Waals surface area contributed by atoms with Crippen LogP contribution in [0.4, 0.5) is 13.2 Å². The molecule has 0 amide bonds. The first-order valence-electron chi connectivity index (χ1n) is 6.87. The third-order valence-corrected chi connectivity index (χ3v) is 3.19. The Bertz CT molecular complexity index is 829. The van der Waals surface area contributed by atoms with Gasteiger partial charge in [0.2, 0.25) is 0 Å². The minimum Gasteiger partial charge on any atom is -0.497 e. The molecule has 1 heterocycles. The van der Waals surface area contributed by atoms with Gasteiger partial charge in [0.1, 0.15) is 17.8 Å². The van der Waals surface area contributed by atoms with E-state index < -0.39 is 6.36 Å². The van der Waals surface area contributed by atoms with Gasteiger partial charge < -0.3 is 9.47 Å². The third-order valence-electron chi connectivity index (χ3n) is 3.19. The second kappa shape index (κ2) is 6.23. The second-order valence-electron chi connectivity index (χ2n) is 4.77. The van der Waals surface area contributed by atoms with Crippen LogP contribution in [0.2, 0.25) is 0 Å². The van der Waals surface area contributed by atoms with Crippen LogP contribution in [0.1, 0.15) is 0 Å². The van der Waals surface area contributed by atoms with Crippen LogP contribution in [-0.2, 0) is 0 Å². The lowest BCUT2D eigenvalue weighted by Crippen LogP contribution is -2.17. The van der Waals surface area contributed by atoms with Crippen molar-refractivity contribution in [2.75, 3.05) is 7.11 Å². The van der Waals surface area contributed by atoms with Gasteiger partial charge in [-0.2, -0.15) is 5.10 Å². The van der Waals surface area contributed by atoms with Crippen LogP contribution in [-0.4, -0.2) is 28.2 Å². The molecule has 3 rings (SSSR count). The van der Waals surface area contributed by atoms with Crippen LogP contribution in [0.15, 0.2) is 54.9 Å². The summed E-state index contributed by atoms with van der Waals surface area (Å²) in [5.41, 5.74) is 1.15. The number of aromatic nitrogens is 3. The number of ether oxygens (including phenoxy) is 2. The smallest absolute Gasteiger partial charge is 0.497 e. The minimum atomic E-state index is -4.75. The molecule has 1 aromatic heterocycles. The second-order valence-corrected chi connectivity index (χ2v) is 4.77. The number of hydrogen-bond donors (Lipinski definition) is 0. The maximum absolute atomic E-state index is 12.4. The van der Waals surface area contributed by atoms with Gasteiger partial charge in [0.15, 0.2) is 5.82 Å². The molecular weight excluding hydrogens is 323 g/mol. The summed E-state index contributed by atoms with van der Waals surface area (Å²) in [6.07, 6.45) is -3.42. The molecule has 0 saturated heterocycles. The highest BCUT2D eigenvalue weighted by atomic mass is 19.4. The fourth-order valence-electron chi connectivity index (χ4n) is 2.18. The van der Waals surface area contributed by atoms with Crippen molar-refractivity contribution in [3.8, 4) is 28.6 Å². The Hall–Kier alpha value is -3.03. The Morgan fingerprint density at radius 1 is 1.00 bits per heavy atom. The van der Waals surface area contributed by atoms with E-state index in [0.717, 1.165) is 5.56 Å². The van der Waals surface area contributed by atoms with E-state index in [0.29, 0.717) is 17.3 Å². The van der Waals surface area contributed by atoms with E-state index in [1.807, 2.05) is 0 Å². The van der Waals surface area contributed by atoms with Gasteiger partial charge in [-0.05, 0) is 36.4 Å². The molecule has 0 aliphatic carbocycles. The quantitative estimate of drug-likeness (QED) is 0.727. The number of halogens is 3. The highest BCUT2D eigenvalue weighted by Gasteiger charge is 2.31. The summed E-state index contributed by atoms with van der Waals surface area (Å²) in [6.45, 7) is 0. The van der Waals surface area contributed by atoms with Crippen LogP contribution < -0.4 is 9.47 Å². The summed E-state index contributed by atoms with van der Waals surface area (Å²) in [5.74, 6) is 0.850. The van der Waals surface area contributed by atoms with Gasteiger partial charge in [-0.1, -0.05) is 6.07 Å². The van der Waals surface area contributed by atoms with E-state index in [-0.39, 0.29) is 5.75 Å². The maximum Gasteiger partial charge on any atom is 0.573 e. The van der Waals surface area contributed by atoms with E-state index in [2.05, 4.69) is 14.8 Å². The van der Waals surface area contributed by atoms with Gasteiger partial charge >= 0.3 is 6.36 Å². The van der Waals surface area contributed by atoms with E-state index in [4.69, 9.17) is 4.74 Å². The van der Waals surface area contributed by atoms with Crippen LogP contribution in [0.5, 0.6) is 11.5 Å². The molecule has 0 N–H and O–H groups in total. The van der Waals surface area contributed by atoms with Crippen LogP contribution in [0.3, 0.4) is 0 Å². The fourth-order valence-corrected chi connectivity index (χ4v) is 2.18. The molecule has 0 atom stereocenters. The summed E-state index contributed by atoms with van der Waals surface area (Å²) >= 11 is 0. The molecule has 0 saturated carbocycles. The topological polar surface area (TPSA) is 49.2 Å². The highest BCUT2D eigenvalue weighted by molar-refractivity contribution is 5.59. The van der Waals surface area contributed by atoms with Gasteiger partial charge in [0, 0.05) is 11.6 Å². The summed E-state index contributed by atoms with van der Waals surface area (Å²) in [6, 6.07) is 12.6. The molecule has 0 bridgehead atoms. The van der Waals surface area contributed by atoms with Crippen LogP contribution >= 0.6 is 0 Å². The summed E-state index contributed by atoms with van der Waals surface area (Å²) in [7, 11) is 1.56. The average molecular weight is 335 g/mol. The van der Waals surface area contributed by atoms with Gasteiger partial charge in [-0.25, -0.2) is 9.67 Å². The number of benzene rings is 2. The molecule has 124 valence electrons. The fraction of sp³-hybridized carbons (Fsp3) is 0.125. The number of rotatable bonds is 4. The molecule has 0 radical (unpaired) electrons. The third kappa shape index (κ3) is 3.48. The lowest BCUT2D eigenvalue weighted by molar-refractivity contribution is -0.274. The molecule has 8 heteroatoms. The van der Waals surface area contributed by atoms with Crippen molar-refractivity contribution in [2.24, 2.45) is 0 Å². The normalized spacial score (nSPS) is 11.3. The first-order chi connectivity index (χ1) is 11.5. The Labute approximate surface area is 135 Å². The van der Waals surface area contributed by atoms with Crippen molar-refractivity contribution < 1.29 is 22.6 Å². The molecule has 2 aromatic carbocycles. The van der Waals surface area contributed by atoms with Crippen LogP contribution in [0.25, 0.3) is 17.1 Å². The first-order valence-corrected chi connectivity index (χ1v) is 6.87. The van der Waals surface area contributed by atoms with Crippen molar-refractivity contribution >= 4 is 0 Å². The summed E-state index contributed by atoms with van der Waals surface area (Å²) in [5, 5.41) is 4.08. The SMILES string of the molecule is COc1ccc(-c2ncnn2-c2cccc(OC(F)(F)F)c2)cc1. The largest absolute Gasteiger partial charge is 0.573 e. The summed E-state index contributed by atoms with van der Waals surface area (Å²) in [4.78, 5) is 4.17. The standard InChI is InChI=1S/C16H12F3N3O2/c1-23-13-7-5-11(6-8-13)15-20-10-21-22(15)12-3-2-4-14(9-12)24-16(17,18)19/h2-10H,1H3. The van der Waals surface area contributed by atoms with E-state index in [1.54, 1.807) is 37.4 Å². The van der Waals surface area contributed by atoms with E-state index in [1.165, 1.54) is 29.2 Å². The predicted octanol–water partition coefficient (Wildman–Crippen LogP) is 3.84. The van der Waals surface area contributed by atoms with Crippen molar-refractivity contribution in [1.29, 1.82) is 0 Å². The van der Waals surface area contributed by atoms with Crippen molar-refractivity contribution in [3.63, 3.8) is 0 Å². The molecular formula is C16H12F3N3O2. The highest BCUT2D eigenvalue weighted by Crippen LogP contribution is 2.27. The molecule has 5 nitrogen and oxygen atoms in total.